The van der Waals surface area contributed by atoms with Crippen molar-refractivity contribution in [3.05, 3.63) is 53.7 Å². The van der Waals surface area contributed by atoms with Gasteiger partial charge in [0.15, 0.2) is 5.58 Å². The molecule has 1 N–H and O–H groups in total. The highest BCUT2D eigenvalue weighted by molar-refractivity contribution is 5.94. The van der Waals surface area contributed by atoms with Crippen molar-refractivity contribution in [3.63, 3.8) is 0 Å². The van der Waals surface area contributed by atoms with Crippen LogP contribution >= 0.6 is 0 Å². The lowest BCUT2D eigenvalue weighted by Crippen LogP contribution is -2.20. The number of benzene rings is 1. The molecule has 0 fully saturated rings. The lowest BCUT2D eigenvalue weighted by atomic mass is 10.2. The summed E-state index contributed by atoms with van der Waals surface area (Å²) >= 11 is 0. The zero-order valence-corrected chi connectivity index (χ0v) is 11.7. The average Bonchev–Trinajstić information content (AvgIpc) is 2.83. The van der Waals surface area contributed by atoms with E-state index in [-0.39, 0.29) is 23.7 Å². The van der Waals surface area contributed by atoms with Crippen LogP contribution in [0.25, 0.3) is 11.1 Å². The van der Waals surface area contributed by atoms with Gasteiger partial charge in [-0.2, -0.15) is 0 Å². The van der Waals surface area contributed by atoms with Gasteiger partial charge < -0.3 is 9.15 Å². The summed E-state index contributed by atoms with van der Waals surface area (Å²) in [5, 5.41) is 7.84. The molecule has 2 aromatic heterocycles. The second-order valence-electron chi connectivity index (χ2n) is 4.61. The molecule has 0 amide bonds. The maximum atomic E-state index is 12.8. The Balaban J connectivity index is 1.96. The van der Waals surface area contributed by atoms with Crippen molar-refractivity contribution in [2.45, 2.75) is 6.54 Å². The van der Waals surface area contributed by atoms with Gasteiger partial charge in [0.25, 0.3) is 5.68 Å². The number of fused-ring (bicyclic) bond motifs is 1. The number of nitrogens with one attached hydrogen (secondary N) is 1. The molecule has 6 nitrogen and oxygen atoms in total. The summed E-state index contributed by atoms with van der Waals surface area (Å²) in [7, 11) is 1.53. The minimum atomic E-state index is -0.508. The number of hydrogen-bond donors (Lipinski definition) is 1. The number of halogens is 1. The molecule has 0 saturated carbocycles. The van der Waals surface area contributed by atoms with Crippen LogP contribution in [-0.4, -0.2) is 22.4 Å². The Bertz CT molecular complexity index is 897. The fourth-order valence-corrected chi connectivity index (χ4v) is 2.12. The van der Waals surface area contributed by atoms with Crippen molar-refractivity contribution in [1.29, 1.82) is 5.41 Å². The topological polar surface area (TPSA) is 81.1 Å². The molecule has 1 aromatic carbocycles. The molecule has 0 atom stereocenters. The summed E-state index contributed by atoms with van der Waals surface area (Å²) in [4.78, 5) is 15.9. The highest BCUT2D eigenvalue weighted by Gasteiger charge is 2.14. The quantitative estimate of drug-likeness (QED) is 0.749. The van der Waals surface area contributed by atoms with E-state index in [2.05, 4.69) is 4.98 Å². The van der Waals surface area contributed by atoms with Gasteiger partial charge in [0.2, 0.25) is 5.78 Å². The van der Waals surface area contributed by atoms with E-state index < -0.39 is 5.82 Å². The highest BCUT2D eigenvalue weighted by atomic mass is 19.1. The molecule has 0 bridgehead atoms. The molecule has 0 aliphatic rings. The summed E-state index contributed by atoms with van der Waals surface area (Å²) in [5.41, 5.74) is 1.03. The number of ether oxygens (including phenoxy) is 1. The number of nitrogens with zero attached hydrogens (tertiary/aromatic N) is 2. The van der Waals surface area contributed by atoms with Crippen LogP contribution in [0.5, 0.6) is 5.75 Å². The van der Waals surface area contributed by atoms with E-state index >= 15 is 0 Å². The molecular formula is C15H12FN3O3. The monoisotopic (exact) mass is 301 g/mol. The van der Waals surface area contributed by atoms with Crippen LogP contribution < -0.4 is 10.4 Å². The zero-order chi connectivity index (χ0) is 15.7. The number of carbonyl (C=O) groups excluding carboxylic acids is 1. The van der Waals surface area contributed by atoms with Crippen molar-refractivity contribution in [3.8, 4) is 5.75 Å². The predicted molar refractivity (Wildman–Crippen MR) is 75.1 cm³/mol. The highest BCUT2D eigenvalue weighted by Crippen LogP contribution is 2.20. The largest absolute Gasteiger partial charge is 0.497 e. The number of aromatic nitrogens is 2. The summed E-state index contributed by atoms with van der Waals surface area (Å²) in [6, 6.07) is 7.55. The van der Waals surface area contributed by atoms with Crippen molar-refractivity contribution in [2.75, 3.05) is 7.11 Å². The maximum Gasteiger partial charge on any atom is 0.295 e. The van der Waals surface area contributed by atoms with Crippen molar-refractivity contribution in [1.82, 2.24) is 9.55 Å². The van der Waals surface area contributed by atoms with Crippen LogP contribution in [0.1, 0.15) is 10.5 Å². The number of rotatable bonds is 4. The van der Waals surface area contributed by atoms with Gasteiger partial charge in [-0.3, -0.25) is 19.8 Å². The molecule has 22 heavy (non-hydrogen) atoms. The Morgan fingerprint density at radius 1 is 1.41 bits per heavy atom. The van der Waals surface area contributed by atoms with Gasteiger partial charge >= 0.3 is 0 Å². The van der Waals surface area contributed by atoms with Gasteiger partial charge in [-0.1, -0.05) is 0 Å². The zero-order valence-electron chi connectivity index (χ0n) is 11.7. The number of ketones is 1. The summed E-state index contributed by atoms with van der Waals surface area (Å²) < 4.78 is 24.7. The summed E-state index contributed by atoms with van der Waals surface area (Å²) in [6.07, 6.45) is 0.984. The van der Waals surface area contributed by atoms with Crippen molar-refractivity contribution < 1.29 is 18.3 Å². The fraction of sp³-hybridized carbons (Fsp3) is 0.133. The lowest BCUT2D eigenvalue weighted by molar-refractivity contribution is 0.0965. The van der Waals surface area contributed by atoms with Gasteiger partial charge in [0.1, 0.15) is 17.3 Å². The molecule has 0 saturated heterocycles. The van der Waals surface area contributed by atoms with Gasteiger partial charge in [-0.25, -0.2) is 4.39 Å². The molecule has 0 radical (unpaired) electrons. The maximum absolute atomic E-state index is 12.8. The second kappa shape index (κ2) is 5.44. The fourth-order valence-electron chi connectivity index (χ4n) is 2.12. The first kappa shape index (κ1) is 14.0. The molecule has 0 aliphatic heterocycles. The van der Waals surface area contributed by atoms with Crippen LogP contribution in [0, 0.1) is 11.2 Å². The van der Waals surface area contributed by atoms with Gasteiger partial charge in [0, 0.05) is 6.07 Å². The number of carbonyl (C=O) groups is 1. The van der Waals surface area contributed by atoms with Crippen LogP contribution in [0.2, 0.25) is 0 Å². The van der Waals surface area contributed by atoms with E-state index in [9.17, 15) is 9.18 Å². The standard InChI is InChI=1S/C15H12FN3O3/c1-21-10-3-5-12-14(6-10)22-15(17)19(12)8-13(20)11-4-2-9(16)7-18-11/h2-7,17H,8H2,1H3. The SMILES string of the molecule is COc1ccc2c(c1)oc(=N)n2CC(=O)c1ccc(F)cn1. The lowest BCUT2D eigenvalue weighted by Gasteiger charge is -2.03. The number of Topliss-reactive ketones (excluding diaryl/α,β-unsaturated/α-hetero) is 1. The Morgan fingerprint density at radius 2 is 2.23 bits per heavy atom. The Morgan fingerprint density at radius 3 is 2.91 bits per heavy atom. The van der Waals surface area contributed by atoms with E-state index in [0.29, 0.717) is 16.8 Å². The van der Waals surface area contributed by atoms with E-state index in [0.717, 1.165) is 6.20 Å². The van der Waals surface area contributed by atoms with Crippen LogP contribution in [0.15, 0.2) is 40.9 Å². The minimum Gasteiger partial charge on any atom is -0.497 e. The molecule has 2 heterocycles. The Kier molecular flexibility index (Phi) is 3.46. The number of methoxy groups -OCH3 is 1. The second-order valence-corrected chi connectivity index (χ2v) is 4.61. The van der Waals surface area contributed by atoms with Crippen molar-refractivity contribution in [2.24, 2.45) is 0 Å². The van der Waals surface area contributed by atoms with E-state index in [1.54, 1.807) is 18.2 Å². The van der Waals surface area contributed by atoms with Gasteiger partial charge in [0.05, 0.1) is 25.4 Å². The van der Waals surface area contributed by atoms with Crippen LogP contribution in [-0.2, 0) is 6.54 Å². The van der Waals surface area contributed by atoms with Gasteiger partial charge in [-0.15, -0.1) is 0 Å². The van der Waals surface area contributed by atoms with Gasteiger partial charge in [-0.05, 0) is 24.3 Å². The molecule has 0 unspecified atom stereocenters. The number of hydrogen-bond acceptors (Lipinski definition) is 5. The smallest absolute Gasteiger partial charge is 0.295 e. The number of pyridine rings is 1. The molecular weight excluding hydrogens is 289 g/mol. The van der Waals surface area contributed by atoms with E-state index in [1.807, 2.05) is 0 Å². The normalized spacial score (nSPS) is 10.8. The summed E-state index contributed by atoms with van der Waals surface area (Å²) in [6.45, 7) is -0.114. The van der Waals surface area contributed by atoms with E-state index in [1.165, 1.54) is 23.8 Å². The molecule has 3 aromatic rings. The molecule has 112 valence electrons. The van der Waals surface area contributed by atoms with Crippen LogP contribution in [0.3, 0.4) is 0 Å². The number of oxazole rings is 1. The van der Waals surface area contributed by atoms with Crippen molar-refractivity contribution >= 4 is 16.9 Å². The molecule has 0 aliphatic carbocycles. The minimum absolute atomic E-state index is 0.114. The van der Waals surface area contributed by atoms with Crippen LogP contribution in [0.4, 0.5) is 4.39 Å². The molecule has 0 spiro atoms. The summed E-state index contributed by atoms with van der Waals surface area (Å²) in [5.74, 6) is -0.247. The third-order valence-corrected chi connectivity index (χ3v) is 3.22. The average molecular weight is 301 g/mol. The van der Waals surface area contributed by atoms with E-state index in [4.69, 9.17) is 14.6 Å². The predicted octanol–water partition coefficient (Wildman–Crippen LogP) is 2.14. The molecule has 3 rings (SSSR count). The first-order valence-electron chi connectivity index (χ1n) is 6.45. The first-order valence-corrected chi connectivity index (χ1v) is 6.45. The third kappa shape index (κ3) is 2.48. The Labute approximate surface area is 124 Å². The molecule has 7 heteroatoms. The first-order chi connectivity index (χ1) is 10.6. The Hall–Kier alpha value is -2.96. The third-order valence-electron chi connectivity index (χ3n) is 3.22.